The second-order valence-electron chi connectivity index (χ2n) is 5.92. The smallest absolute Gasteiger partial charge is 0.225 e. The molecule has 1 unspecified atom stereocenters. The molecule has 1 aromatic carbocycles. The average Bonchev–Trinajstić information content (AvgIpc) is 3.08. The molecule has 1 atom stereocenters. The van der Waals surface area contributed by atoms with Gasteiger partial charge in [0.25, 0.3) is 0 Å². The van der Waals surface area contributed by atoms with Crippen molar-refractivity contribution in [1.82, 2.24) is 9.73 Å². The van der Waals surface area contributed by atoms with E-state index in [1.807, 2.05) is 18.1 Å². The zero-order valence-electron chi connectivity index (χ0n) is 14.5. The van der Waals surface area contributed by atoms with Gasteiger partial charge >= 0.3 is 0 Å². The summed E-state index contributed by atoms with van der Waals surface area (Å²) in [4.78, 5) is 7.86. The summed E-state index contributed by atoms with van der Waals surface area (Å²) >= 11 is 1.54. The number of aliphatic imine (C=N–C) groups is 1. The van der Waals surface area contributed by atoms with Crippen LogP contribution in [0.3, 0.4) is 0 Å². The standard InChI is InChI=1S/C17H25N5OS/c1-4-13-11-19-22(12-13)17(18-5-2)20-24-14-6-7-15-16(10-14)23-9-8-21(15)3/h6-7,10-11,13H,4-5,8-9,12H2,1-3H3,(H,18,20). The fourth-order valence-corrected chi connectivity index (χ4v) is 3.37. The quantitative estimate of drug-likeness (QED) is 0.516. The van der Waals surface area contributed by atoms with Gasteiger partial charge in [-0.05, 0) is 43.5 Å². The van der Waals surface area contributed by atoms with Crippen molar-refractivity contribution in [1.29, 1.82) is 0 Å². The molecule has 2 aliphatic heterocycles. The maximum atomic E-state index is 5.77. The topological polar surface area (TPSA) is 52.5 Å². The third-order valence-corrected chi connectivity index (χ3v) is 4.96. The van der Waals surface area contributed by atoms with Crippen molar-refractivity contribution >= 4 is 29.8 Å². The summed E-state index contributed by atoms with van der Waals surface area (Å²) in [6, 6.07) is 6.29. The fraction of sp³-hybridized carbons (Fsp3) is 0.529. The lowest BCUT2D eigenvalue weighted by atomic mass is 10.1. The lowest BCUT2D eigenvalue weighted by Crippen LogP contribution is -2.34. The summed E-state index contributed by atoms with van der Waals surface area (Å²) in [7, 11) is 2.09. The van der Waals surface area contributed by atoms with E-state index in [0.29, 0.717) is 5.92 Å². The van der Waals surface area contributed by atoms with Crippen LogP contribution in [0.15, 0.2) is 33.2 Å². The molecule has 130 valence electrons. The van der Waals surface area contributed by atoms with Crippen LogP contribution >= 0.6 is 11.9 Å². The van der Waals surface area contributed by atoms with E-state index in [1.165, 1.54) is 0 Å². The van der Waals surface area contributed by atoms with Gasteiger partial charge < -0.3 is 9.64 Å². The highest BCUT2D eigenvalue weighted by Crippen LogP contribution is 2.34. The third-order valence-electron chi connectivity index (χ3n) is 4.19. The maximum absolute atomic E-state index is 5.77. The van der Waals surface area contributed by atoms with Crippen LogP contribution < -0.4 is 14.4 Å². The van der Waals surface area contributed by atoms with Gasteiger partial charge in [0, 0.05) is 30.6 Å². The van der Waals surface area contributed by atoms with E-state index in [4.69, 9.17) is 4.74 Å². The minimum Gasteiger partial charge on any atom is -0.490 e. The van der Waals surface area contributed by atoms with Gasteiger partial charge in [0.05, 0.1) is 18.8 Å². The van der Waals surface area contributed by atoms with Crippen molar-refractivity contribution in [3.8, 4) is 5.75 Å². The number of fused-ring (bicyclic) bond motifs is 1. The van der Waals surface area contributed by atoms with Gasteiger partial charge in [-0.2, -0.15) is 5.10 Å². The summed E-state index contributed by atoms with van der Waals surface area (Å²) in [5.74, 6) is 2.26. The van der Waals surface area contributed by atoms with Gasteiger partial charge in [-0.3, -0.25) is 9.71 Å². The second kappa shape index (κ2) is 7.79. The summed E-state index contributed by atoms with van der Waals surface area (Å²) in [6.07, 6.45) is 3.11. The number of hydrogen-bond acceptors (Lipinski definition) is 5. The van der Waals surface area contributed by atoms with Crippen molar-refractivity contribution in [3.05, 3.63) is 18.2 Å². The predicted molar refractivity (Wildman–Crippen MR) is 101 cm³/mol. The van der Waals surface area contributed by atoms with E-state index in [-0.39, 0.29) is 0 Å². The van der Waals surface area contributed by atoms with E-state index in [9.17, 15) is 0 Å². The molecule has 1 N–H and O–H groups in total. The van der Waals surface area contributed by atoms with E-state index < -0.39 is 0 Å². The Morgan fingerprint density at radius 3 is 3.08 bits per heavy atom. The molecule has 0 amide bonds. The number of benzene rings is 1. The highest BCUT2D eigenvalue weighted by molar-refractivity contribution is 7.98. The average molecular weight is 347 g/mol. The summed E-state index contributed by atoms with van der Waals surface area (Å²) in [5.41, 5.74) is 1.14. The number of nitrogens with zero attached hydrogens (tertiary/aromatic N) is 4. The predicted octanol–water partition coefficient (Wildman–Crippen LogP) is 2.82. The third kappa shape index (κ3) is 3.77. The van der Waals surface area contributed by atoms with Crippen LogP contribution in [-0.2, 0) is 0 Å². The molecule has 0 radical (unpaired) electrons. The number of nitrogens with one attached hydrogen (secondary N) is 1. The monoisotopic (exact) mass is 347 g/mol. The van der Waals surface area contributed by atoms with Gasteiger partial charge in [-0.15, -0.1) is 0 Å². The van der Waals surface area contributed by atoms with Gasteiger partial charge in [-0.25, -0.2) is 5.01 Å². The van der Waals surface area contributed by atoms with Crippen molar-refractivity contribution in [2.45, 2.75) is 25.2 Å². The highest BCUT2D eigenvalue weighted by Gasteiger charge is 2.21. The van der Waals surface area contributed by atoms with Crippen LogP contribution in [0.5, 0.6) is 5.75 Å². The molecule has 0 spiro atoms. The summed E-state index contributed by atoms with van der Waals surface area (Å²) in [6.45, 7) is 7.49. The molecule has 0 aromatic heterocycles. The van der Waals surface area contributed by atoms with Crippen molar-refractivity contribution < 1.29 is 4.74 Å². The lowest BCUT2D eigenvalue weighted by Gasteiger charge is -2.28. The molecule has 0 saturated heterocycles. The first kappa shape index (κ1) is 17.0. The molecular weight excluding hydrogens is 322 g/mol. The van der Waals surface area contributed by atoms with Crippen LogP contribution in [0, 0.1) is 5.92 Å². The normalized spacial score (nSPS) is 20.1. The number of guanidine groups is 1. The Hall–Kier alpha value is -1.89. The van der Waals surface area contributed by atoms with E-state index >= 15 is 0 Å². The second-order valence-corrected chi connectivity index (χ2v) is 6.80. The Labute approximate surface area is 148 Å². The van der Waals surface area contributed by atoms with Crippen molar-refractivity contribution in [2.24, 2.45) is 16.0 Å². The number of rotatable bonds is 4. The van der Waals surface area contributed by atoms with Gasteiger partial charge in [0.1, 0.15) is 12.4 Å². The lowest BCUT2D eigenvalue weighted by molar-refractivity contribution is 0.310. The molecule has 24 heavy (non-hydrogen) atoms. The minimum atomic E-state index is 0.506. The first-order chi connectivity index (χ1) is 11.7. The Kier molecular flexibility index (Phi) is 5.50. The molecular formula is C17H25N5OS. The van der Waals surface area contributed by atoms with Crippen LogP contribution in [0.4, 0.5) is 5.69 Å². The zero-order chi connectivity index (χ0) is 16.9. The zero-order valence-corrected chi connectivity index (χ0v) is 15.3. The van der Waals surface area contributed by atoms with Crippen LogP contribution in [-0.4, -0.2) is 50.5 Å². The van der Waals surface area contributed by atoms with E-state index in [2.05, 4.69) is 51.9 Å². The Balaban J connectivity index is 1.65. The number of likely N-dealkylation sites (N-methyl/N-ethyl adjacent to an activating group) is 1. The Morgan fingerprint density at radius 2 is 2.33 bits per heavy atom. The molecule has 1 aromatic rings. The molecule has 0 saturated carbocycles. The molecule has 3 rings (SSSR count). The summed E-state index contributed by atoms with van der Waals surface area (Å²) in [5, 5.41) is 6.42. The molecule has 7 heteroatoms. The maximum Gasteiger partial charge on any atom is 0.225 e. The Morgan fingerprint density at radius 1 is 1.46 bits per heavy atom. The summed E-state index contributed by atoms with van der Waals surface area (Å²) < 4.78 is 9.12. The van der Waals surface area contributed by atoms with Gasteiger partial charge in [0.15, 0.2) is 0 Å². The first-order valence-electron chi connectivity index (χ1n) is 8.48. The fourth-order valence-electron chi connectivity index (χ4n) is 2.69. The molecule has 6 nitrogen and oxygen atoms in total. The molecule has 0 bridgehead atoms. The molecule has 0 fully saturated rings. The highest BCUT2D eigenvalue weighted by atomic mass is 32.2. The van der Waals surface area contributed by atoms with Crippen molar-refractivity contribution in [2.75, 3.05) is 38.2 Å². The molecule has 2 aliphatic rings. The van der Waals surface area contributed by atoms with Crippen LogP contribution in [0.25, 0.3) is 0 Å². The molecule has 2 heterocycles. The van der Waals surface area contributed by atoms with Gasteiger partial charge in [-0.1, -0.05) is 6.92 Å². The van der Waals surface area contributed by atoms with E-state index in [0.717, 1.165) is 55.0 Å². The number of anilines is 1. The van der Waals surface area contributed by atoms with Crippen LogP contribution in [0.2, 0.25) is 0 Å². The van der Waals surface area contributed by atoms with E-state index in [1.54, 1.807) is 11.9 Å². The number of ether oxygens (including phenoxy) is 1. The number of hydrazone groups is 1. The largest absolute Gasteiger partial charge is 0.490 e. The minimum absolute atomic E-state index is 0.506. The van der Waals surface area contributed by atoms with Crippen molar-refractivity contribution in [3.63, 3.8) is 0 Å². The SMILES string of the molecule is CCN=C(NSc1ccc2c(c1)OCCN2C)N1CC(CC)C=N1. The first-order valence-corrected chi connectivity index (χ1v) is 9.29. The molecule has 0 aliphatic carbocycles. The number of hydrogen-bond donors (Lipinski definition) is 1. The van der Waals surface area contributed by atoms with Crippen LogP contribution in [0.1, 0.15) is 20.3 Å². The Bertz CT molecular complexity index is 633. The van der Waals surface area contributed by atoms with Gasteiger partial charge in [0.2, 0.25) is 5.96 Å².